The van der Waals surface area contributed by atoms with Crippen molar-refractivity contribution in [2.75, 3.05) is 19.7 Å². The zero-order valence-electron chi connectivity index (χ0n) is 10.4. The first-order valence-electron chi connectivity index (χ1n) is 6.04. The maximum absolute atomic E-state index is 12.0. The average Bonchev–Trinajstić information content (AvgIpc) is 2.90. The van der Waals surface area contributed by atoms with Crippen LogP contribution in [0.4, 0.5) is 0 Å². The van der Waals surface area contributed by atoms with E-state index in [1.165, 1.54) is 0 Å². The molecule has 2 rings (SSSR count). The quantitative estimate of drug-likeness (QED) is 0.854. The van der Waals surface area contributed by atoms with Gasteiger partial charge in [-0.1, -0.05) is 0 Å². The summed E-state index contributed by atoms with van der Waals surface area (Å²) < 4.78 is 1.93. The predicted molar refractivity (Wildman–Crippen MR) is 70.7 cm³/mol. The molecule has 18 heavy (non-hydrogen) atoms. The number of hydrogen-bond donors (Lipinski definition) is 1. The predicted octanol–water partition coefficient (Wildman–Crippen LogP) is 1.17. The Morgan fingerprint density at radius 1 is 1.61 bits per heavy atom. The summed E-state index contributed by atoms with van der Waals surface area (Å²) in [5.41, 5.74) is 0.800. The number of aliphatic hydroxyl groups excluding tert-OH is 1. The van der Waals surface area contributed by atoms with Crippen LogP contribution in [0.3, 0.4) is 0 Å². The van der Waals surface area contributed by atoms with E-state index in [0.717, 1.165) is 10.7 Å². The molecular weight excluding hydrogens is 250 g/mol. The van der Waals surface area contributed by atoms with Gasteiger partial charge >= 0.3 is 0 Å². The minimum atomic E-state index is 0.0664. The number of rotatable bonds is 6. The average molecular weight is 267 g/mol. The standard InChI is InChI=1S/C12H17N3O2S/c1-2-14(4-3-6-16)11(17)8-10-9-15-5-7-18-12(15)13-10/h5,7,9,16H,2-4,6,8H2,1H3. The summed E-state index contributed by atoms with van der Waals surface area (Å²) in [7, 11) is 0. The highest BCUT2D eigenvalue weighted by atomic mass is 32.1. The van der Waals surface area contributed by atoms with Crippen molar-refractivity contribution in [1.82, 2.24) is 14.3 Å². The zero-order chi connectivity index (χ0) is 13.0. The zero-order valence-corrected chi connectivity index (χ0v) is 11.2. The molecule has 0 fully saturated rings. The summed E-state index contributed by atoms with van der Waals surface area (Å²) >= 11 is 1.56. The maximum atomic E-state index is 12.0. The summed E-state index contributed by atoms with van der Waals surface area (Å²) in [6.45, 7) is 3.33. The molecule has 1 N–H and O–H groups in total. The molecule has 2 aromatic rings. The lowest BCUT2D eigenvalue weighted by Gasteiger charge is -2.19. The van der Waals surface area contributed by atoms with Crippen LogP contribution in [0.5, 0.6) is 0 Å². The number of carbonyl (C=O) groups is 1. The van der Waals surface area contributed by atoms with Gasteiger partial charge in [-0.25, -0.2) is 4.98 Å². The van der Waals surface area contributed by atoms with E-state index in [1.54, 1.807) is 16.2 Å². The molecule has 0 unspecified atom stereocenters. The van der Waals surface area contributed by atoms with E-state index in [-0.39, 0.29) is 12.5 Å². The van der Waals surface area contributed by atoms with Crippen molar-refractivity contribution in [2.45, 2.75) is 19.8 Å². The molecule has 0 saturated heterocycles. The number of imidazole rings is 1. The van der Waals surface area contributed by atoms with Gasteiger partial charge in [0, 0.05) is 37.5 Å². The van der Waals surface area contributed by atoms with Crippen molar-refractivity contribution in [3.05, 3.63) is 23.5 Å². The van der Waals surface area contributed by atoms with Crippen LogP contribution in [0, 0.1) is 0 Å². The number of hydrogen-bond acceptors (Lipinski definition) is 4. The fraction of sp³-hybridized carbons (Fsp3) is 0.500. The molecule has 0 spiro atoms. The Balaban J connectivity index is 1.99. The third kappa shape index (κ3) is 2.88. The molecule has 1 amide bonds. The number of likely N-dealkylation sites (N-methyl/N-ethyl adjacent to an activating group) is 1. The van der Waals surface area contributed by atoms with E-state index in [0.29, 0.717) is 25.9 Å². The van der Waals surface area contributed by atoms with Crippen molar-refractivity contribution >= 4 is 22.2 Å². The van der Waals surface area contributed by atoms with Gasteiger partial charge in [0.25, 0.3) is 0 Å². The van der Waals surface area contributed by atoms with Crippen LogP contribution in [0.2, 0.25) is 0 Å². The molecule has 98 valence electrons. The molecular formula is C12H17N3O2S. The molecule has 0 saturated carbocycles. The number of thiazole rings is 1. The summed E-state index contributed by atoms with van der Waals surface area (Å²) in [4.78, 5) is 19.1. The molecule has 5 nitrogen and oxygen atoms in total. The molecule has 6 heteroatoms. The number of carbonyl (C=O) groups excluding carboxylic acids is 1. The smallest absolute Gasteiger partial charge is 0.228 e. The Hall–Kier alpha value is -1.40. The highest BCUT2D eigenvalue weighted by Gasteiger charge is 2.14. The van der Waals surface area contributed by atoms with Gasteiger partial charge in [-0.2, -0.15) is 0 Å². The summed E-state index contributed by atoms with van der Waals surface area (Å²) in [6.07, 6.45) is 4.78. The van der Waals surface area contributed by atoms with Crippen LogP contribution in [-0.2, 0) is 11.2 Å². The minimum absolute atomic E-state index is 0.0664. The van der Waals surface area contributed by atoms with Crippen molar-refractivity contribution in [3.63, 3.8) is 0 Å². The van der Waals surface area contributed by atoms with Gasteiger partial charge in [0.05, 0.1) is 12.1 Å². The minimum Gasteiger partial charge on any atom is -0.396 e. The molecule has 0 radical (unpaired) electrons. The van der Waals surface area contributed by atoms with Crippen molar-refractivity contribution in [2.24, 2.45) is 0 Å². The first-order valence-corrected chi connectivity index (χ1v) is 6.92. The SMILES string of the molecule is CCN(CCCO)C(=O)Cc1cn2ccsc2n1. The molecule has 2 aromatic heterocycles. The van der Waals surface area contributed by atoms with Crippen LogP contribution in [0.15, 0.2) is 17.8 Å². The molecule has 0 aliphatic heterocycles. The van der Waals surface area contributed by atoms with Crippen LogP contribution >= 0.6 is 11.3 Å². The fourth-order valence-corrected chi connectivity index (χ4v) is 2.57. The van der Waals surface area contributed by atoms with Gasteiger partial charge < -0.3 is 10.0 Å². The highest BCUT2D eigenvalue weighted by Crippen LogP contribution is 2.12. The van der Waals surface area contributed by atoms with Crippen LogP contribution < -0.4 is 0 Å². The molecule has 2 heterocycles. The van der Waals surface area contributed by atoms with Crippen LogP contribution in [0.1, 0.15) is 19.0 Å². The third-order valence-corrected chi connectivity index (χ3v) is 3.57. The normalized spacial score (nSPS) is 11.0. The Morgan fingerprint density at radius 2 is 2.44 bits per heavy atom. The molecule has 0 aliphatic carbocycles. The first kappa shape index (κ1) is 13.0. The van der Waals surface area contributed by atoms with Gasteiger partial charge in [-0.3, -0.25) is 9.20 Å². The Bertz CT molecular complexity index is 492. The fourth-order valence-electron chi connectivity index (χ4n) is 1.85. The van der Waals surface area contributed by atoms with Crippen LogP contribution in [-0.4, -0.2) is 45.0 Å². The summed E-state index contributed by atoms with van der Waals surface area (Å²) in [6, 6.07) is 0. The van der Waals surface area contributed by atoms with Gasteiger partial charge in [0.15, 0.2) is 4.96 Å². The van der Waals surface area contributed by atoms with Gasteiger partial charge in [-0.05, 0) is 13.3 Å². The van der Waals surface area contributed by atoms with Gasteiger partial charge in [0.1, 0.15) is 0 Å². The largest absolute Gasteiger partial charge is 0.396 e. The Morgan fingerprint density at radius 3 is 3.11 bits per heavy atom. The lowest BCUT2D eigenvalue weighted by Crippen LogP contribution is -2.33. The molecule has 0 atom stereocenters. The number of aliphatic hydroxyl groups is 1. The summed E-state index contributed by atoms with van der Waals surface area (Å²) in [5, 5.41) is 10.8. The van der Waals surface area contributed by atoms with E-state index in [9.17, 15) is 4.79 Å². The van der Waals surface area contributed by atoms with E-state index in [1.807, 2.05) is 29.1 Å². The number of fused-ring (bicyclic) bond motifs is 1. The first-order chi connectivity index (χ1) is 8.74. The molecule has 0 aliphatic rings. The van der Waals surface area contributed by atoms with Gasteiger partial charge in [-0.15, -0.1) is 11.3 Å². The van der Waals surface area contributed by atoms with Gasteiger partial charge in [0.2, 0.25) is 5.91 Å². The Labute approximate surface area is 110 Å². The topological polar surface area (TPSA) is 57.8 Å². The highest BCUT2D eigenvalue weighted by molar-refractivity contribution is 7.15. The van der Waals surface area contributed by atoms with Crippen molar-refractivity contribution < 1.29 is 9.90 Å². The van der Waals surface area contributed by atoms with E-state index in [4.69, 9.17) is 5.11 Å². The van der Waals surface area contributed by atoms with E-state index >= 15 is 0 Å². The molecule has 0 aromatic carbocycles. The van der Waals surface area contributed by atoms with Crippen LogP contribution in [0.25, 0.3) is 4.96 Å². The maximum Gasteiger partial charge on any atom is 0.228 e. The lowest BCUT2D eigenvalue weighted by atomic mass is 10.2. The van der Waals surface area contributed by atoms with Crippen molar-refractivity contribution in [3.8, 4) is 0 Å². The van der Waals surface area contributed by atoms with E-state index in [2.05, 4.69) is 4.98 Å². The summed E-state index contributed by atoms with van der Waals surface area (Å²) in [5.74, 6) is 0.0664. The Kier molecular flexibility index (Phi) is 4.33. The second kappa shape index (κ2) is 5.97. The lowest BCUT2D eigenvalue weighted by molar-refractivity contribution is -0.130. The second-order valence-corrected chi connectivity index (χ2v) is 4.93. The monoisotopic (exact) mass is 267 g/mol. The number of nitrogens with zero attached hydrogens (tertiary/aromatic N) is 3. The molecule has 0 bridgehead atoms. The number of amides is 1. The second-order valence-electron chi connectivity index (χ2n) is 4.05. The van der Waals surface area contributed by atoms with E-state index < -0.39 is 0 Å². The third-order valence-electron chi connectivity index (χ3n) is 2.80. The number of aromatic nitrogens is 2. The van der Waals surface area contributed by atoms with Crippen molar-refractivity contribution in [1.29, 1.82) is 0 Å².